The maximum atomic E-state index is 5.96. The number of aryl methyl sites for hydroxylation is 4. The quantitative estimate of drug-likeness (QED) is 0.317. The molecule has 0 aliphatic carbocycles. The normalized spacial score (nSPS) is 17.6. The molecular formula is C30H32N4S. The van der Waals surface area contributed by atoms with Crippen LogP contribution in [0, 0.1) is 27.7 Å². The van der Waals surface area contributed by atoms with Crippen LogP contribution >= 0.6 is 12.2 Å². The summed E-state index contributed by atoms with van der Waals surface area (Å²) in [5.74, 6) is 0. The van der Waals surface area contributed by atoms with Gasteiger partial charge in [0.2, 0.25) is 0 Å². The van der Waals surface area contributed by atoms with E-state index in [0.717, 1.165) is 22.9 Å². The maximum absolute atomic E-state index is 5.96. The van der Waals surface area contributed by atoms with E-state index in [4.69, 9.17) is 17.2 Å². The van der Waals surface area contributed by atoms with Crippen molar-refractivity contribution in [2.45, 2.75) is 53.1 Å². The van der Waals surface area contributed by atoms with Crippen LogP contribution in [0.3, 0.4) is 0 Å². The van der Waals surface area contributed by atoms with E-state index >= 15 is 0 Å². The number of hydrogen-bond acceptors (Lipinski definition) is 2. The molecular weight excluding hydrogens is 448 g/mol. The molecule has 5 rings (SSSR count). The monoisotopic (exact) mass is 480 g/mol. The second kappa shape index (κ2) is 9.31. The van der Waals surface area contributed by atoms with Gasteiger partial charge in [0, 0.05) is 29.0 Å². The van der Waals surface area contributed by atoms with Gasteiger partial charge < -0.3 is 14.8 Å². The molecule has 2 aromatic heterocycles. The zero-order chi connectivity index (χ0) is 24.7. The molecule has 1 aliphatic rings. The van der Waals surface area contributed by atoms with Crippen molar-refractivity contribution < 1.29 is 0 Å². The molecule has 1 saturated heterocycles. The van der Waals surface area contributed by atoms with Gasteiger partial charge in [0.05, 0.1) is 17.8 Å². The smallest absolute Gasteiger partial charge is 0.174 e. The second-order valence-corrected chi connectivity index (χ2v) is 9.87. The highest BCUT2D eigenvalue weighted by molar-refractivity contribution is 7.80. The Hall–Kier alpha value is -3.44. The van der Waals surface area contributed by atoms with Gasteiger partial charge in [-0.2, -0.15) is 0 Å². The lowest BCUT2D eigenvalue weighted by molar-refractivity contribution is 0.565. The van der Waals surface area contributed by atoms with Crippen LogP contribution in [0.15, 0.2) is 72.9 Å². The van der Waals surface area contributed by atoms with Gasteiger partial charge in [0.25, 0.3) is 0 Å². The fourth-order valence-electron chi connectivity index (χ4n) is 5.52. The van der Waals surface area contributed by atoms with Crippen molar-refractivity contribution in [1.82, 2.24) is 14.9 Å². The number of benzene rings is 2. The van der Waals surface area contributed by atoms with Gasteiger partial charge in [-0.25, -0.2) is 0 Å². The molecule has 3 heterocycles. The predicted molar refractivity (Wildman–Crippen MR) is 148 cm³/mol. The Labute approximate surface area is 213 Å². The van der Waals surface area contributed by atoms with Crippen LogP contribution in [0.1, 0.15) is 58.3 Å². The number of nitrogens with one attached hydrogen (secondary N) is 1. The van der Waals surface area contributed by atoms with Crippen LogP contribution in [0.5, 0.6) is 0 Å². The van der Waals surface area contributed by atoms with Crippen LogP contribution in [0.25, 0.3) is 5.69 Å². The van der Waals surface area contributed by atoms with Crippen molar-refractivity contribution in [3.8, 4) is 5.69 Å². The molecule has 35 heavy (non-hydrogen) atoms. The molecule has 4 nitrogen and oxygen atoms in total. The minimum Gasteiger partial charge on any atom is -0.351 e. The zero-order valence-corrected chi connectivity index (χ0v) is 21.9. The summed E-state index contributed by atoms with van der Waals surface area (Å²) in [5.41, 5.74) is 10.9. The highest BCUT2D eigenvalue weighted by Gasteiger charge is 2.42. The molecule has 0 radical (unpaired) electrons. The maximum Gasteiger partial charge on any atom is 0.174 e. The summed E-state index contributed by atoms with van der Waals surface area (Å²) in [6.45, 7) is 10.9. The highest BCUT2D eigenvalue weighted by atomic mass is 32.1. The third kappa shape index (κ3) is 4.14. The molecule has 0 bridgehead atoms. The van der Waals surface area contributed by atoms with Gasteiger partial charge in [0.1, 0.15) is 0 Å². The van der Waals surface area contributed by atoms with Gasteiger partial charge in [-0.15, -0.1) is 0 Å². The molecule has 0 saturated carbocycles. The lowest BCUT2D eigenvalue weighted by atomic mass is 9.96. The second-order valence-electron chi connectivity index (χ2n) is 9.49. The third-order valence-electron chi connectivity index (χ3n) is 6.99. The molecule has 0 unspecified atom stereocenters. The van der Waals surface area contributed by atoms with Crippen LogP contribution in [0.2, 0.25) is 0 Å². The summed E-state index contributed by atoms with van der Waals surface area (Å²) in [4.78, 5) is 7.01. The molecule has 2 aromatic carbocycles. The molecule has 1 fully saturated rings. The minimum absolute atomic E-state index is 0.0210. The third-order valence-corrected chi connectivity index (χ3v) is 7.30. The summed E-state index contributed by atoms with van der Waals surface area (Å²) >= 11 is 5.96. The molecule has 2 atom stereocenters. The van der Waals surface area contributed by atoms with Crippen molar-refractivity contribution in [3.63, 3.8) is 0 Å². The van der Waals surface area contributed by atoms with Crippen molar-refractivity contribution in [1.29, 1.82) is 0 Å². The largest absolute Gasteiger partial charge is 0.351 e. The SMILES string of the molecule is CCc1ccccc1-n1c(C)cc([C@@H]2[C@@H](c3ccccn3)NC(=S)N2c2cc(C)cc(C)c2)c1C. The lowest BCUT2D eigenvalue weighted by Crippen LogP contribution is -2.29. The molecule has 1 aliphatic heterocycles. The minimum atomic E-state index is -0.0557. The first-order valence-corrected chi connectivity index (χ1v) is 12.7. The van der Waals surface area contributed by atoms with Crippen LogP contribution < -0.4 is 10.2 Å². The topological polar surface area (TPSA) is 33.1 Å². The van der Waals surface area contributed by atoms with Crippen LogP contribution in [-0.4, -0.2) is 14.7 Å². The molecule has 178 valence electrons. The Morgan fingerprint density at radius 2 is 1.63 bits per heavy atom. The lowest BCUT2D eigenvalue weighted by Gasteiger charge is -2.29. The van der Waals surface area contributed by atoms with Crippen LogP contribution in [-0.2, 0) is 6.42 Å². The molecule has 5 heteroatoms. The first kappa shape index (κ1) is 23.3. The Morgan fingerprint density at radius 3 is 2.31 bits per heavy atom. The number of hydrogen-bond donors (Lipinski definition) is 1. The predicted octanol–water partition coefficient (Wildman–Crippen LogP) is 6.85. The summed E-state index contributed by atoms with van der Waals surface area (Å²) in [6.07, 6.45) is 2.85. The molecule has 4 aromatic rings. The highest BCUT2D eigenvalue weighted by Crippen LogP contribution is 2.44. The van der Waals surface area contributed by atoms with E-state index in [9.17, 15) is 0 Å². The van der Waals surface area contributed by atoms with Crippen molar-refractivity contribution in [2.24, 2.45) is 0 Å². The Bertz CT molecular complexity index is 1370. The standard InChI is InChI=1S/C30H32N4S/c1-6-23-11-7-8-13-27(23)33-21(4)18-25(22(33)5)29-28(26-12-9-10-14-31-26)32-30(35)34(29)24-16-19(2)15-20(3)17-24/h7-18,28-29H,6H2,1-5H3,(H,32,35)/t28-,29-/m1/s1. The van der Waals surface area contributed by atoms with Gasteiger partial charge in [0.15, 0.2) is 5.11 Å². The number of anilines is 1. The summed E-state index contributed by atoms with van der Waals surface area (Å²) in [6, 6.07) is 23.7. The number of rotatable bonds is 5. The van der Waals surface area contributed by atoms with E-state index in [1.165, 1.54) is 39.3 Å². The van der Waals surface area contributed by atoms with E-state index in [2.05, 4.69) is 104 Å². The Morgan fingerprint density at radius 1 is 0.914 bits per heavy atom. The first-order valence-electron chi connectivity index (χ1n) is 12.2. The van der Waals surface area contributed by atoms with Crippen molar-refractivity contribution in [2.75, 3.05) is 4.90 Å². The van der Waals surface area contributed by atoms with Gasteiger partial charge in [-0.1, -0.05) is 37.3 Å². The summed E-state index contributed by atoms with van der Waals surface area (Å²) in [5, 5.41) is 4.34. The molecule has 0 amide bonds. The first-order chi connectivity index (χ1) is 16.9. The van der Waals surface area contributed by atoms with Crippen LogP contribution in [0.4, 0.5) is 5.69 Å². The molecule has 0 spiro atoms. The van der Waals surface area contributed by atoms with Gasteiger partial charge >= 0.3 is 0 Å². The summed E-state index contributed by atoms with van der Waals surface area (Å²) < 4.78 is 2.39. The van der Waals surface area contributed by atoms with Crippen molar-refractivity contribution >= 4 is 23.0 Å². The number of para-hydroxylation sites is 1. The van der Waals surface area contributed by atoms with Gasteiger partial charge in [-0.3, -0.25) is 4.98 Å². The average Bonchev–Trinajstić information content (AvgIpc) is 3.34. The van der Waals surface area contributed by atoms with Gasteiger partial charge in [-0.05, 0) is 105 Å². The fourth-order valence-corrected chi connectivity index (χ4v) is 5.87. The molecule has 1 N–H and O–H groups in total. The Kier molecular flexibility index (Phi) is 6.20. The van der Waals surface area contributed by atoms with E-state index in [0.29, 0.717) is 0 Å². The number of aromatic nitrogens is 2. The number of thiocarbonyl (C=S) groups is 1. The van der Waals surface area contributed by atoms with E-state index in [1.807, 2.05) is 18.3 Å². The Balaban J connectivity index is 1.71. The van der Waals surface area contributed by atoms with E-state index in [-0.39, 0.29) is 12.1 Å². The van der Waals surface area contributed by atoms with E-state index in [1.54, 1.807) is 0 Å². The van der Waals surface area contributed by atoms with Crippen molar-refractivity contribution in [3.05, 3.63) is 112 Å². The average molecular weight is 481 g/mol. The van der Waals surface area contributed by atoms with E-state index < -0.39 is 0 Å². The number of pyridine rings is 1. The summed E-state index contributed by atoms with van der Waals surface area (Å²) in [7, 11) is 0. The zero-order valence-electron chi connectivity index (χ0n) is 21.0. The fraction of sp³-hybridized carbons (Fsp3) is 0.267. The number of nitrogens with zero attached hydrogens (tertiary/aromatic N) is 3.